The molecular weight excluding hydrogens is 384 g/mol. The van der Waals surface area contributed by atoms with Crippen LogP contribution in [0.1, 0.15) is 36.3 Å². The molecule has 1 N–H and O–H groups in total. The fourth-order valence-corrected chi connectivity index (χ4v) is 4.45. The van der Waals surface area contributed by atoms with E-state index < -0.39 is 0 Å². The number of amides is 1. The van der Waals surface area contributed by atoms with Crippen molar-refractivity contribution in [1.29, 1.82) is 0 Å². The zero-order chi connectivity index (χ0) is 20.8. The first kappa shape index (κ1) is 21.2. The van der Waals surface area contributed by atoms with Crippen LogP contribution in [0.3, 0.4) is 0 Å². The highest BCUT2D eigenvalue weighted by Gasteiger charge is 2.37. The minimum Gasteiger partial charge on any atom is -0.508 e. The third kappa shape index (κ3) is 5.12. The fourth-order valence-electron chi connectivity index (χ4n) is 4.32. The first-order valence-corrected chi connectivity index (χ1v) is 10.4. The van der Waals surface area contributed by atoms with Crippen LogP contribution < -0.4 is 0 Å². The predicted octanol–water partition coefficient (Wildman–Crippen LogP) is 4.28. The van der Waals surface area contributed by atoms with Gasteiger partial charge < -0.3 is 10.0 Å². The summed E-state index contributed by atoms with van der Waals surface area (Å²) >= 11 is 5.95. The number of nitrogens with zero attached hydrogens (tertiary/aromatic N) is 2. The molecular formula is C24H27ClN2O2. The molecule has 2 fully saturated rings. The monoisotopic (exact) mass is 410 g/mol. The first-order chi connectivity index (χ1) is 14.1. The molecule has 0 aliphatic carbocycles. The van der Waals surface area contributed by atoms with Crippen molar-refractivity contribution < 1.29 is 9.90 Å². The van der Waals surface area contributed by atoms with Crippen molar-refractivity contribution in [3.63, 3.8) is 0 Å². The zero-order valence-corrected chi connectivity index (χ0v) is 17.3. The highest BCUT2D eigenvalue weighted by Crippen LogP contribution is 2.31. The van der Waals surface area contributed by atoms with E-state index in [0.717, 1.165) is 49.5 Å². The molecule has 0 saturated carbocycles. The molecule has 29 heavy (non-hydrogen) atoms. The number of hydrogen-bond donors (Lipinski definition) is 1. The van der Waals surface area contributed by atoms with Crippen LogP contribution in [0, 0.1) is 12.8 Å². The van der Waals surface area contributed by atoms with Crippen molar-refractivity contribution in [1.82, 2.24) is 9.80 Å². The van der Waals surface area contributed by atoms with Crippen molar-refractivity contribution in [3.8, 4) is 18.6 Å². The number of carbonyl (C=O) groups excluding carboxylic acids is 1. The molecule has 0 aromatic heterocycles. The van der Waals surface area contributed by atoms with E-state index in [9.17, 15) is 9.90 Å². The normalized spacial score (nSPS) is 20.3. The first-order valence-electron chi connectivity index (χ1n) is 10.00. The van der Waals surface area contributed by atoms with Crippen LogP contribution in [0.15, 0.2) is 48.5 Å². The number of terminal acetylenes is 1. The Balaban J connectivity index is 0.00000117. The van der Waals surface area contributed by atoms with Crippen LogP contribution in [0.2, 0.25) is 5.02 Å². The van der Waals surface area contributed by atoms with Crippen LogP contribution in [-0.4, -0.2) is 46.5 Å². The second kappa shape index (κ2) is 9.82. The number of halogens is 1. The van der Waals surface area contributed by atoms with Crippen molar-refractivity contribution in [2.45, 2.75) is 37.8 Å². The van der Waals surface area contributed by atoms with Crippen molar-refractivity contribution in [3.05, 3.63) is 64.7 Å². The molecule has 2 aromatic rings. The summed E-state index contributed by atoms with van der Waals surface area (Å²) in [5, 5.41) is 10.2. The Morgan fingerprint density at radius 1 is 0.931 bits per heavy atom. The van der Waals surface area contributed by atoms with Crippen LogP contribution in [0.5, 0.6) is 5.75 Å². The quantitative estimate of drug-likeness (QED) is 0.765. The van der Waals surface area contributed by atoms with Crippen molar-refractivity contribution in [2.24, 2.45) is 0 Å². The molecule has 1 unspecified atom stereocenters. The van der Waals surface area contributed by atoms with Gasteiger partial charge >= 0.3 is 0 Å². The topological polar surface area (TPSA) is 43.8 Å². The molecule has 152 valence electrons. The van der Waals surface area contributed by atoms with E-state index in [2.05, 4.69) is 17.7 Å². The third-order valence-corrected chi connectivity index (χ3v) is 6.14. The van der Waals surface area contributed by atoms with Crippen LogP contribution in [0.25, 0.3) is 0 Å². The van der Waals surface area contributed by atoms with E-state index in [4.69, 9.17) is 11.6 Å². The Kier molecular flexibility index (Phi) is 7.19. The number of benzene rings is 2. The molecule has 2 aromatic carbocycles. The van der Waals surface area contributed by atoms with Gasteiger partial charge in [-0.15, -0.1) is 12.8 Å². The van der Waals surface area contributed by atoms with E-state index in [-0.39, 0.29) is 11.9 Å². The van der Waals surface area contributed by atoms with Gasteiger partial charge in [-0.2, -0.15) is 0 Å². The Labute approximate surface area is 178 Å². The van der Waals surface area contributed by atoms with E-state index >= 15 is 0 Å². The summed E-state index contributed by atoms with van der Waals surface area (Å²) in [4.78, 5) is 17.2. The number of carbonyl (C=O) groups is 1. The maximum Gasteiger partial charge on any atom is 0.240 e. The van der Waals surface area contributed by atoms with Gasteiger partial charge in [-0.05, 0) is 73.7 Å². The molecule has 1 atom stereocenters. The molecule has 0 bridgehead atoms. The lowest BCUT2D eigenvalue weighted by Crippen LogP contribution is -2.45. The molecule has 4 rings (SSSR count). The molecule has 2 aliphatic heterocycles. The summed E-state index contributed by atoms with van der Waals surface area (Å²) in [6.07, 6.45) is 11.0. The Bertz CT molecular complexity index is 824. The zero-order valence-electron chi connectivity index (χ0n) is 16.5. The SMILES string of the molecule is C#C.O=C1C(N2CCC(c3ccc(O)cc3)CC2)CCN1Cc1ccc(Cl)cc1. The largest absolute Gasteiger partial charge is 0.508 e. The molecule has 0 spiro atoms. The van der Waals surface area contributed by atoms with Crippen LogP contribution in [-0.2, 0) is 11.3 Å². The molecule has 0 radical (unpaired) electrons. The van der Waals surface area contributed by atoms with Gasteiger partial charge in [0.1, 0.15) is 5.75 Å². The number of piperidine rings is 1. The van der Waals surface area contributed by atoms with E-state index in [1.54, 1.807) is 12.1 Å². The number of likely N-dealkylation sites (tertiary alicyclic amines) is 2. The predicted molar refractivity (Wildman–Crippen MR) is 117 cm³/mol. The highest BCUT2D eigenvalue weighted by atomic mass is 35.5. The van der Waals surface area contributed by atoms with Gasteiger partial charge in [0.05, 0.1) is 6.04 Å². The molecule has 2 heterocycles. The summed E-state index contributed by atoms with van der Waals surface area (Å²) in [5.41, 5.74) is 2.41. The molecule has 5 heteroatoms. The van der Waals surface area contributed by atoms with Gasteiger partial charge in [-0.3, -0.25) is 9.69 Å². The summed E-state index contributed by atoms with van der Waals surface area (Å²) in [5.74, 6) is 1.09. The number of phenolic OH excluding ortho intramolecular Hbond substituents is 1. The van der Waals surface area contributed by atoms with Gasteiger partial charge in [0.2, 0.25) is 5.91 Å². The van der Waals surface area contributed by atoms with Gasteiger partial charge in [-0.1, -0.05) is 35.9 Å². The average Bonchev–Trinajstić information content (AvgIpc) is 3.12. The van der Waals surface area contributed by atoms with Crippen molar-refractivity contribution in [2.75, 3.05) is 19.6 Å². The summed E-state index contributed by atoms with van der Waals surface area (Å²) < 4.78 is 0. The lowest BCUT2D eigenvalue weighted by molar-refractivity contribution is -0.133. The van der Waals surface area contributed by atoms with Gasteiger partial charge in [-0.25, -0.2) is 0 Å². The van der Waals surface area contributed by atoms with E-state index in [0.29, 0.717) is 18.2 Å². The van der Waals surface area contributed by atoms with E-state index in [1.807, 2.05) is 41.3 Å². The average molecular weight is 411 g/mol. The highest BCUT2D eigenvalue weighted by molar-refractivity contribution is 6.30. The molecule has 4 nitrogen and oxygen atoms in total. The number of phenols is 1. The second-order valence-corrected chi connectivity index (χ2v) is 8.03. The third-order valence-electron chi connectivity index (χ3n) is 5.89. The number of aromatic hydroxyl groups is 1. The maximum atomic E-state index is 12.9. The Hall–Kier alpha value is -2.48. The lowest BCUT2D eigenvalue weighted by atomic mass is 9.89. The van der Waals surface area contributed by atoms with E-state index in [1.165, 1.54) is 5.56 Å². The minimum absolute atomic E-state index is 0.0260. The summed E-state index contributed by atoms with van der Waals surface area (Å²) in [7, 11) is 0. The Morgan fingerprint density at radius 3 is 2.17 bits per heavy atom. The number of hydrogen-bond acceptors (Lipinski definition) is 3. The Morgan fingerprint density at radius 2 is 1.55 bits per heavy atom. The second-order valence-electron chi connectivity index (χ2n) is 7.59. The molecule has 2 aliphatic rings. The van der Waals surface area contributed by atoms with Crippen molar-refractivity contribution >= 4 is 17.5 Å². The smallest absolute Gasteiger partial charge is 0.240 e. The number of rotatable bonds is 4. The van der Waals surface area contributed by atoms with Crippen LogP contribution >= 0.6 is 11.6 Å². The van der Waals surface area contributed by atoms with Gasteiger partial charge in [0.15, 0.2) is 0 Å². The van der Waals surface area contributed by atoms with Gasteiger partial charge in [0, 0.05) is 18.1 Å². The molecule has 2 saturated heterocycles. The standard InChI is InChI=1S/C22H25ClN2O2.C2H2/c23-19-5-1-16(2-6-19)15-25-14-11-21(22(25)27)24-12-9-18(10-13-24)17-3-7-20(26)8-4-17;1-2/h1-8,18,21,26H,9-15H2;1-2H. The lowest BCUT2D eigenvalue weighted by Gasteiger charge is -2.35. The minimum atomic E-state index is 0.0260. The van der Waals surface area contributed by atoms with Crippen LogP contribution in [0.4, 0.5) is 0 Å². The summed E-state index contributed by atoms with van der Waals surface area (Å²) in [6, 6.07) is 15.3. The van der Waals surface area contributed by atoms with Gasteiger partial charge in [0.25, 0.3) is 0 Å². The summed E-state index contributed by atoms with van der Waals surface area (Å²) in [6.45, 7) is 3.40. The fraction of sp³-hybridized carbons (Fsp3) is 0.375. The molecule has 1 amide bonds. The maximum absolute atomic E-state index is 12.9.